The van der Waals surface area contributed by atoms with Crippen molar-refractivity contribution in [1.29, 1.82) is 0 Å². The van der Waals surface area contributed by atoms with Gasteiger partial charge in [0, 0.05) is 54.7 Å². The van der Waals surface area contributed by atoms with E-state index in [2.05, 4.69) is 46.9 Å². The minimum absolute atomic E-state index is 0.0516. The minimum atomic E-state index is -1.67. The standard InChI is InChI=1S/C40H50N10O10/c41-14-4-3-7-29(40(59)60)46-36(55)30(15-22-8-10-25(52)11-9-22)47-39(58)33(20-51)50-37(56)31(16-23-18-43-27-6-2-1-5-26(23)27)48-38(57)32(17-24-19-42-21-44-24)49-35(54)28-12-13-34(53)45-28/h1-2,5-6,8-11,18-19,21,28-33,43,51-52H,3-4,7,12-17,20,41H2,(H,42,44)(H,45,53)(H,46,55)(H,47,58)(H,48,57)(H,49,54)(H,50,56)(H,59,60)/t28-,29+,30-,31-,32+,33+/m0/s1. The number of para-hydroxylation sites is 1. The van der Waals surface area contributed by atoms with Crippen LogP contribution in [0.2, 0.25) is 0 Å². The summed E-state index contributed by atoms with van der Waals surface area (Å²) in [6, 6.07) is 5.11. The summed E-state index contributed by atoms with van der Waals surface area (Å²) in [7, 11) is 0. The number of amides is 6. The molecule has 2 aromatic carbocycles. The van der Waals surface area contributed by atoms with Gasteiger partial charge >= 0.3 is 5.97 Å². The van der Waals surface area contributed by atoms with Crippen LogP contribution >= 0.6 is 0 Å². The molecular weight excluding hydrogens is 780 g/mol. The molecule has 1 fully saturated rings. The van der Waals surface area contributed by atoms with E-state index in [0.717, 1.165) is 10.9 Å². The molecule has 2 aromatic heterocycles. The molecule has 0 bridgehead atoms. The van der Waals surface area contributed by atoms with E-state index in [1.807, 2.05) is 18.2 Å². The van der Waals surface area contributed by atoms with Crippen LogP contribution in [0.4, 0.5) is 0 Å². The molecule has 6 atom stereocenters. The van der Waals surface area contributed by atoms with Gasteiger partial charge in [0.15, 0.2) is 0 Å². The van der Waals surface area contributed by atoms with Crippen LogP contribution < -0.4 is 37.6 Å². The number of imidazole rings is 1. The highest BCUT2D eigenvalue weighted by Crippen LogP contribution is 2.20. The number of nitrogens with two attached hydrogens (primary N) is 1. The summed E-state index contributed by atoms with van der Waals surface area (Å²) < 4.78 is 0. The number of nitrogens with one attached hydrogen (secondary N) is 8. The van der Waals surface area contributed by atoms with Gasteiger partial charge in [-0.05, 0) is 61.6 Å². The molecule has 0 unspecified atom stereocenters. The Morgan fingerprint density at radius 3 is 2.03 bits per heavy atom. The van der Waals surface area contributed by atoms with E-state index in [4.69, 9.17) is 5.73 Å². The smallest absolute Gasteiger partial charge is 0.326 e. The van der Waals surface area contributed by atoms with Gasteiger partial charge in [0.2, 0.25) is 35.4 Å². The van der Waals surface area contributed by atoms with E-state index in [9.17, 15) is 48.9 Å². The van der Waals surface area contributed by atoms with Gasteiger partial charge in [-0.25, -0.2) is 9.78 Å². The summed E-state index contributed by atoms with van der Waals surface area (Å²) in [5.74, 6) is -5.80. The van der Waals surface area contributed by atoms with Crippen molar-refractivity contribution >= 4 is 52.3 Å². The molecule has 0 radical (unpaired) electrons. The molecule has 13 N–H and O–H groups in total. The number of aliphatic hydroxyl groups excluding tert-OH is 1. The fourth-order valence-corrected chi connectivity index (χ4v) is 6.75. The number of benzene rings is 2. The average molecular weight is 831 g/mol. The van der Waals surface area contributed by atoms with E-state index < -0.39 is 78.4 Å². The first-order valence-electron chi connectivity index (χ1n) is 19.5. The number of aromatic hydroxyl groups is 1. The lowest BCUT2D eigenvalue weighted by Crippen LogP contribution is -2.60. The Balaban J connectivity index is 1.37. The average Bonchev–Trinajstić information content (AvgIpc) is 4.01. The number of aromatic amines is 2. The molecule has 1 aliphatic heterocycles. The highest BCUT2D eigenvalue weighted by atomic mass is 16.4. The third-order valence-electron chi connectivity index (χ3n) is 10.0. The Morgan fingerprint density at radius 1 is 0.783 bits per heavy atom. The number of unbranched alkanes of at least 4 members (excludes halogenated alkanes) is 1. The first-order valence-corrected chi connectivity index (χ1v) is 19.5. The summed E-state index contributed by atoms with van der Waals surface area (Å²) in [6.07, 6.45) is 5.54. The summed E-state index contributed by atoms with van der Waals surface area (Å²) in [5, 5.41) is 46.0. The predicted molar refractivity (Wildman–Crippen MR) is 215 cm³/mol. The summed E-state index contributed by atoms with van der Waals surface area (Å²) >= 11 is 0. The van der Waals surface area contributed by atoms with Crippen molar-refractivity contribution in [2.24, 2.45) is 5.73 Å². The van der Waals surface area contributed by atoms with Crippen LogP contribution in [0.3, 0.4) is 0 Å². The molecule has 0 aliphatic carbocycles. The fraction of sp³-hybridized carbons (Fsp3) is 0.400. The second kappa shape index (κ2) is 21.3. The van der Waals surface area contributed by atoms with Gasteiger partial charge < -0.3 is 62.9 Å². The Hall–Kier alpha value is -6.80. The molecule has 0 spiro atoms. The molecule has 6 amide bonds. The van der Waals surface area contributed by atoms with E-state index >= 15 is 0 Å². The molecule has 20 nitrogen and oxygen atoms in total. The first kappa shape index (κ1) is 44.3. The Morgan fingerprint density at radius 2 is 1.42 bits per heavy atom. The van der Waals surface area contributed by atoms with Crippen LogP contribution in [0, 0.1) is 0 Å². The number of carboxylic acids is 1. The number of aromatic nitrogens is 3. The van der Waals surface area contributed by atoms with E-state index in [1.54, 1.807) is 12.3 Å². The largest absolute Gasteiger partial charge is 0.508 e. The molecular formula is C40H50N10O10. The number of aliphatic hydroxyl groups is 1. The number of carboxylic acid groups (broad SMARTS) is 1. The van der Waals surface area contributed by atoms with Gasteiger partial charge in [-0.3, -0.25) is 28.8 Å². The van der Waals surface area contributed by atoms with Gasteiger partial charge in [0.1, 0.15) is 42.0 Å². The predicted octanol–water partition coefficient (Wildman–Crippen LogP) is -1.47. The third-order valence-corrected chi connectivity index (χ3v) is 10.0. The zero-order valence-electron chi connectivity index (χ0n) is 32.6. The van der Waals surface area contributed by atoms with Gasteiger partial charge in [0.05, 0.1) is 12.9 Å². The van der Waals surface area contributed by atoms with Crippen molar-refractivity contribution in [1.82, 2.24) is 46.9 Å². The number of phenolic OH excluding ortho intramolecular Hbond substituents is 1. The molecule has 60 heavy (non-hydrogen) atoms. The van der Waals surface area contributed by atoms with E-state index in [0.29, 0.717) is 36.2 Å². The number of fused-ring (bicyclic) bond motifs is 1. The number of carbonyl (C=O) groups is 7. The van der Waals surface area contributed by atoms with E-state index in [1.165, 1.54) is 36.8 Å². The van der Waals surface area contributed by atoms with Gasteiger partial charge in [-0.15, -0.1) is 0 Å². The maximum atomic E-state index is 14.2. The van der Waals surface area contributed by atoms with Crippen LogP contribution in [-0.4, -0.2) is 121 Å². The number of nitrogens with zero attached hydrogens (tertiary/aromatic N) is 1. The second-order valence-corrected chi connectivity index (χ2v) is 14.5. The van der Waals surface area contributed by atoms with Crippen LogP contribution in [0.5, 0.6) is 5.75 Å². The van der Waals surface area contributed by atoms with Gasteiger partial charge in [-0.1, -0.05) is 30.3 Å². The van der Waals surface area contributed by atoms with Crippen molar-refractivity contribution in [2.45, 2.75) is 87.6 Å². The fourth-order valence-electron chi connectivity index (χ4n) is 6.75. The van der Waals surface area contributed by atoms with Crippen LogP contribution in [0.15, 0.2) is 67.3 Å². The number of H-pyrrole nitrogens is 2. The minimum Gasteiger partial charge on any atom is -0.508 e. The van der Waals surface area contributed by atoms with Crippen LogP contribution in [-0.2, 0) is 52.8 Å². The zero-order chi connectivity index (χ0) is 43.2. The van der Waals surface area contributed by atoms with E-state index in [-0.39, 0.29) is 50.2 Å². The monoisotopic (exact) mass is 830 g/mol. The lowest BCUT2D eigenvalue weighted by atomic mass is 10.0. The normalized spacial score (nSPS) is 16.1. The molecule has 0 saturated carbocycles. The number of hydrogen-bond donors (Lipinski definition) is 12. The van der Waals surface area contributed by atoms with Crippen molar-refractivity contribution in [3.63, 3.8) is 0 Å². The molecule has 20 heteroatoms. The topological polar surface area (TPSA) is 323 Å². The summed E-state index contributed by atoms with van der Waals surface area (Å²) in [4.78, 5) is 103. The molecule has 5 rings (SSSR count). The Bertz CT molecular complexity index is 2120. The summed E-state index contributed by atoms with van der Waals surface area (Å²) in [6.45, 7) is -0.620. The Labute approximate surface area is 343 Å². The second-order valence-electron chi connectivity index (χ2n) is 14.5. The van der Waals surface area contributed by atoms with Gasteiger partial charge in [-0.2, -0.15) is 0 Å². The highest BCUT2D eigenvalue weighted by molar-refractivity contribution is 5.98. The quantitative estimate of drug-likeness (QED) is 0.0404. The highest BCUT2D eigenvalue weighted by Gasteiger charge is 2.35. The SMILES string of the molecule is NCCCC[C@@H](NC(=O)[C@H](Cc1ccc(O)cc1)NC(=O)[C@@H](CO)NC(=O)[C@H](Cc1c[nH]c2ccccc12)NC(=O)[C@@H](Cc1cnc[nH]1)NC(=O)[C@@H]1CCC(=O)N1)C(=O)O. The molecule has 4 aromatic rings. The summed E-state index contributed by atoms with van der Waals surface area (Å²) in [5.41, 5.74) is 7.87. The molecule has 320 valence electrons. The van der Waals surface area contributed by atoms with Crippen molar-refractivity contribution in [3.8, 4) is 5.75 Å². The van der Waals surface area contributed by atoms with Crippen LogP contribution in [0.25, 0.3) is 10.9 Å². The van der Waals surface area contributed by atoms with Crippen molar-refractivity contribution < 1.29 is 48.9 Å². The first-order chi connectivity index (χ1) is 28.8. The maximum absolute atomic E-state index is 14.2. The molecule has 3 heterocycles. The number of hydrogen-bond acceptors (Lipinski definition) is 11. The Kier molecular flexibility index (Phi) is 15.7. The molecule has 1 aliphatic rings. The molecule has 1 saturated heterocycles. The van der Waals surface area contributed by atoms with Crippen molar-refractivity contribution in [3.05, 3.63) is 84.1 Å². The zero-order valence-corrected chi connectivity index (χ0v) is 32.6. The van der Waals surface area contributed by atoms with Gasteiger partial charge in [0.25, 0.3) is 0 Å². The number of carbonyl (C=O) groups excluding carboxylic acids is 6. The van der Waals surface area contributed by atoms with Crippen molar-refractivity contribution in [2.75, 3.05) is 13.2 Å². The number of aliphatic carboxylic acids is 1. The number of rotatable bonds is 22. The lowest BCUT2D eigenvalue weighted by Gasteiger charge is -2.26. The third kappa shape index (κ3) is 12.4. The number of phenols is 1. The maximum Gasteiger partial charge on any atom is 0.326 e. The lowest BCUT2D eigenvalue weighted by molar-refractivity contribution is -0.142. The van der Waals surface area contributed by atoms with Crippen LogP contribution in [0.1, 0.15) is 48.9 Å².